The van der Waals surface area contributed by atoms with Crippen LogP contribution in [0.1, 0.15) is 26.7 Å². The van der Waals surface area contributed by atoms with Crippen LogP contribution < -0.4 is 5.73 Å². The number of likely N-dealkylation sites (tertiary alicyclic amines) is 1. The zero-order valence-corrected chi connectivity index (χ0v) is 16.4. The molecule has 24 heavy (non-hydrogen) atoms. The molecule has 2 N–H and O–H groups in total. The monoisotopic (exact) mass is 392 g/mol. The first kappa shape index (κ1) is 21.3. The summed E-state index contributed by atoms with van der Waals surface area (Å²) in [5, 5.41) is -0.335. The van der Waals surface area contributed by atoms with Gasteiger partial charge in [0.1, 0.15) is 0 Å². The fourth-order valence-corrected chi connectivity index (χ4v) is 5.58. The van der Waals surface area contributed by atoms with Gasteiger partial charge in [-0.15, -0.1) is 24.2 Å². The summed E-state index contributed by atoms with van der Waals surface area (Å²) in [6.45, 7) is 4.93. The van der Waals surface area contributed by atoms with Crippen LogP contribution in [0, 0.1) is 0 Å². The van der Waals surface area contributed by atoms with Crippen LogP contribution in [0.3, 0.4) is 0 Å². The minimum atomic E-state index is -3.31. The average Bonchev–Trinajstić information content (AvgIpc) is 2.93. The lowest BCUT2D eigenvalue weighted by atomic mass is 10.3. The molecule has 0 spiro atoms. The summed E-state index contributed by atoms with van der Waals surface area (Å²) in [5.41, 5.74) is 5.85. The number of nitrogens with two attached hydrogens (primary N) is 1. The molecule has 1 fully saturated rings. The van der Waals surface area contributed by atoms with Crippen LogP contribution in [0.4, 0.5) is 0 Å². The molecule has 2 rings (SSSR count). The Hall–Kier alpha value is -0.760. The summed E-state index contributed by atoms with van der Waals surface area (Å²) in [5.74, 6) is 0.138. The van der Waals surface area contributed by atoms with Gasteiger partial charge in [-0.25, -0.2) is 8.42 Å². The molecule has 8 heteroatoms. The molecule has 1 aromatic carbocycles. The molecule has 0 aliphatic carbocycles. The van der Waals surface area contributed by atoms with Gasteiger partial charge in [0, 0.05) is 24.0 Å². The number of hydrogen-bond acceptors (Lipinski definition) is 5. The van der Waals surface area contributed by atoms with Crippen LogP contribution in [0.25, 0.3) is 0 Å². The van der Waals surface area contributed by atoms with Gasteiger partial charge in [-0.1, -0.05) is 19.1 Å². The Balaban J connectivity index is 0.00000288. The summed E-state index contributed by atoms with van der Waals surface area (Å²) >= 11 is 1.31. The number of carbonyl (C=O) groups is 1. The van der Waals surface area contributed by atoms with Crippen molar-refractivity contribution in [3.63, 3.8) is 0 Å². The molecule has 136 valence electrons. The lowest BCUT2D eigenvalue weighted by molar-refractivity contribution is -0.129. The molecule has 0 aromatic heterocycles. The summed E-state index contributed by atoms with van der Waals surface area (Å²) in [7, 11) is -3.31. The van der Waals surface area contributed by atoms with Crippen molar-refractivity contribution in [1.29, 1.82) is 0 Å². The summed E-state index contributed by atoms with van der Waals surface area (Å²) in [6, 6.07) is 6.96. The normalized spacial score (nSPS) is 19.0. The van der Waals surface area contributed by atoms with Crippen LogP contribution in [-0.2, 0) is 14.6 Å². The highest BCUT2D eigenvalue weighted by Gasteiger charge is 2.28. The third-order valence-corrected chi connectivity index (χ3v) is 7.11. The number of nitrogens with zero attached hydrogens (tertiary/aromatic N) is 1. The molecule has 5 nitrogen and oxygen atoms in total. The van der Waals surface area contributed by atoms with Gasteiger partial charge in [0.2, 0.25) is 5.91 Å². The highest BCUT2D eigenvalue weighted by molar-refractivity contribution is 8.01. The second-order valence-electron chi connectivity index (χ2n) is 5.86. The van der Waals surface area contributed by atoms with Crippen LogP contribution in [0.2, 0.25) is 0 Å². The number of sulfone groups is 1. The number of amides is 1. The predicted molar refractivity (Wildman–Crippen MR) is 101 cm³/mol. The Labute approximate surface area is 154 Å². The van der Waals surface area contributed by atoms with E-state index in [0.717, 1.165) is 6.42 Å². The molecule has 1 aliphatic heterocycles. The van der Waals surface area contributed by atoms with Crippen molar-refractivity contribution >= 4 is 39.9 Å². The van der Waals surface area contributed by atoms with E-state index in [-0.39, 0.29) is 35.4 Å². The maximum Gasteiger partial charge on any atom is 0.235 e. The Morgan fingerprint density at radius 1 is 1.42 bits per heavy atom. The first-order chi connectivity index (χ1) is 10.8. The van der Waals surface area contributed by atoms with Crippen molar-refractivity contribution in [3.8, 4) is 0 Å². The second-order valence-corrected chi connectivity index (χ2v) is 9.32. The van der Waals surface area contributed by atoms with Crippen molar-refractivity contribution in [2.24, 2.45) is 5.73 Å². The Bertz CT molecular complexity index is 667. The highest BCUT2D eigenvalue weighted by Crippen LogP contribution is 2.31. The van der Waals surface area contributed by atoms with Crippen LogP contribution in [0.15, 0.2) is 34.1 Å². The van der Waals surface area contributed by atoms with Crippen molar-refractivity contribution < 1.29 is 13.2 Å². The first-order valence-electron chi connectivity index (χ1n) is 7.88. The van der Waals surface area contributed by atoms with Gasteiger partial charge < -0.3 is 10.6 Å². The molecule has 1 aromatic rings. The van der Waals surface area contributed by atoms with Gasteiger partial charge in [0.25, 0.3) is 0 Å². The third kappa shape index (κ3) is 5.12. The summed E-state index contributed by atoms with van der Waals surface area (Å²) in [4.78, 5) is 15.2. The number of benzene rings is 1. The molecule has 0 radical (unpaired) electrons. The molecule has 1 unspecified atom stereocenters. The average molecular weight is 393 g/mol. The maximum atomic E-state index is 12.5. The standard InChI is InChI=1S/C16H24N2O3S2.ClH/c1-3-10-23(20,21)15-7-5-4-6-14(15)22-12(2)16(19)18-9-8-13(17)11-18;/h4-7,12-13H,3,8-11,17H2,1-2H3;1H/t12?,13-;/m1./s1. The number of carbonyl (C=O) groups excluding carboxylic acids is 1. The summed E-state index contributed by atoms with van der Waals surface area (Å²) in [6.07, 6.45) is 1.39. The molecule has 1 aliphatic rings. The SMILES string of the molecule is CCCS(=O)(=O)c1ccccc1SC(C)C(=O)N1CC[C@@H](N)C1.Cl. The van der Waals surface area contributed by atoms with Gasteiger partial charge in [0.05, 0.1) is 15.9 Å². The minimum Gasteiger partial charge on any atom is -0.340 e. The van der Waals surface area contributed by atoms with E-state index in [2.05, 4.69) is 0 Å². The maximum absolute atomic E-state index is 12.5. The van der Waals surface area contributed by atoms with E-state index in [0.29, 0.717) is 29.3 Å². The van der Waals surface area contributed by atoms with Gasteiger partial charge in [-0.05, 0) is 31.9 Å². The molecule has 0 saturated carbocycles. The van der Waals surface area contributed by atoms with E-state index in [1.54, 1.807) is 29.2 Å². The van der Waals surface area contributed by atoms with Gasteiger partial charge in [0.15, 0.2) is 9.84 Å². The molecule has 2 atom stereocenters. The fourth-order valence-electron chi connectivity index (χ4n) is 2.67. The van der Waals surface area contributed by atoms with Gasteiger partial charge >= 0.3 is 0 Å². The van der Waals surface area contributed by atoms with Crippen LogP contribution in [0.5, 0.6) is 0 Å². The predicted octanol–water partition coefficient (Wildman–Crippen LogP) is 2.33. The lowest BCUT2D eigenvalue weighted by Gasteiger charge is -2.21. The molecule has 1 heterocycles. The highest BCUT2D eigenvalue weighted by atomic mass is 35.5. The van der Waals surface area contributed by atoms with Crippen molar-refractivity contribution in [3.05, 3.63) is 24.3 Å². The number of hydrogen-bond donors (Lipinski definition) is 1. The quantitative estimate of drug-likeness (QED) is 0.751. The van der Waals surface area contributed by atoms with Gasteiger partial charge in [-0.2, -0.15) is 0 Å². The topological polar surface area (TPSA) is 80.5 Å². The number of halogens is 1. The van der Waals surface area contributed by atoms with Crippen molar-refractivity contribution in [2.75, 3.05) is 18.8 Å². The smallest absolute Gasteiger partial charge is 0.235 e. The van der Waals surface area contributed by atoms with Crippen molar-refractivity contribution in [1.82, 2.24) is 4.90 Å². The zero-order valence-electron chi connectivity index (χ0n) is 14.0. The Morgan fingerprint density at radius 3 is 2.67 bits per heavy atom. The lowest BCUT2D eigenvalue weighted by Crippen LogP contribution is -2.36. The van der Waals surface area contributed by atoms with Crippen molar-refractivity contribution in [2.45, 2.75) is 47.8 Å². The number of thioether (sulfide) groups is 1. The van der Waals surface area contributed by atoms with E-state index >= 15 is 0 Å². The zero-order chi connectivity index (χ0) is 17.0. The summed E-state index contributed by atoms with van der Waals surface area (Å²) < 4.78 is 24.8. The Kier molecular flexibility index (Phi) is 8.05. The molecule has 1 saturated heterocycles. The first-order valence-corrected chi connectivity index (χ1v) is 10.4. The van der Waals surface area contributed by atoms with E-state index in [9.17, 15) is 13.2 Å². The van der Waals surface area contributed by atoms with Crippen LogP contribution in [-0.4, -0.2) is 49.4 Å². The third-order valence-electron chi connectivity index (χ3n) is 3.84. The second kappa shape index (κ2) is 9.08. The van der Waals surface area contributed by atoms with Crippen LogP contribution >= 0.6 is 24.2 Å². The Morgan fingerprint density at radius 2 is 2.08 bits per heavy atom. The van der Waals surface area contributed by atoms with E-state index in [4.69, 9.17) is 5.73 Å². The van der Waals surface area contributed by atoms with E-state index in [1.165, 1.54) is 11.8 Å². The molecular weight excluding hydrogens is 368 g/mol. The van der Waals surface area contributed by atoms with Gasteiger partial charge in [-0.3, -0.25) is 4.79 Å². The van der Waals surface area contributed by atoms with E-state index in [1.807, 2.05) is 13.8 Å². The van der Waals surface area contributed by atoms with E-state index < -0.39 is 9.84 Å². The molecular formula is C16H25ClN2O3S2. The molecule has 1 amide bonds. The largest absolute Gasteiger partial charge is 0.340 e. The number of rotatable bonds is 6. The molecule has 0 bridgehead atoms. The minimum absolute atomic E-state index is 0. The fraction of sp³-hybridized carbons (Fsp3) is 0.562.